The van der Waals surface area contributed by atoms with E-state index in [0.29, 0.717) is 12.5 Å². The number of carbonyl (C=O) groups excluding carboxylic acids is 2. The number of carboxylic acids is 1. The average molecular weight is 460 g/mol. The number of nitrogens with zero attached hydrogens (tertiary/aromatic N) is 2. The first-order valence-electron chi connectivity index (χ1n) is 10.1. The lowest BCUT2D eigenvalue weighted by Gasteiger charge is -2.15. The summed E-state index contributed by atoms with van der Waals surface area (Å²) in [6.45, 7) is 1.81. The van der Waals surface area contributed by atoms with Crippen molar-refractivity contribution in [2.75, 3.05) is 32.8 Å². The Morgan fingerprint density at radius 3 is 2.79 bits per heavy atom. The van der Waals surface area contributed by atoms with Crippen LogP contribution in [-0.2, 0) is 16.1 Å². The maximum atomic E-state index is 12.2. The molecule has 0 unspecified atom stereocenters. The summed E-state index contributed by atoms with van der Waals surface area (Å²) in [5, 5.41) is 23.6. The van der Waals surface area contributed by atoms with E-state index in [4.69, 9.17) is 14.0 Å². The van der Waals surface area contributed by atoms with Crippen molar-refractivity contribution >= 4 is 23.9 Å². The van der Waals surface area contributed by atoms with Crippen LogP contribution in [0.1, 0.15) is 16.1 Å². The van der Waals surface area contributed by atoms with Crippen LogP contribution in [-0.4, -0.2) is 73.0 Å². The largest absolute Gasteiger partial charge is 0.480 e. The Morgan fingerprint density at radius 2 is 2.06 bits per heavy atom. The van der Waals surface area contributed by atoms with Gasteiger partial charge in [-0.1, -0.05) is 30.3 Å². The standard InChI is InChI=1S/C20H24N6O7/c27-17(15-10-16(26-33-15)31-9-8-23-19-21-6-7-22-19)24-11-14(18(28)29)25-20(30)32-12-13-4-2-1-3-5-13/h1-5,10,14H,6-9,11-12H2,(H,24,27)(H,25,30)(H,28,29)(H2,21,22,23)/t14-/m0/s1. The van der Waals surface area contributed by atoms with Gasteiger partial charge in [-0.15, -0.1) is 0 Å². The van der Waals surface area contributed by atoms with Crippen molar-refractivity contribution in [3.8, 4) is 5.88 Å². The van der Waals surface area contributed by atoms with Gasteiger partial charge in [-0.25, -0.2) is 9.59 Å². The average Bonchev–Trinajstić information content (AvgIpc) is 3.51. The van der Waals surface area contributed by atoms with Crippen molar-refractivity contribution < 1.29 is 33.5 Å². The van der Waals surface area contributed by atoms with Gasteiger partial charge in [-0.2, -0.15) is 0 Å². The highest BCUT2D eigenvalue weighted by Crippen LogP contribution is 2.11. The molecule has 0 spiro atoms. The lowest BCUT2D eigenvalue weighted by atomic mass is 10.2. The maximum Gasteiger partial charge on any atom is 0.408 e. The molecule has 2 aromatic rings. The lowest BCUT2D eigenvalue weighted by molar-refractivity contribution is -0.139. The summed E-state index contributed by atoms with van der Waals surface area (Å²) in [6, 6.07) is 8.77. The molecule has 3 rings (SSSR count). The van der Waals surface area contributed by atoms with Gasteiger partial charge >= 0.3 is 12.1 Å². The summed E-state index contributed by atoms with van der Waals surface area (Å²) in [5.41, 5.74) is 0.746. The number of guanidine groups is 1. The number of carbonyl (C=O) groups is 3. The summed E-state index contributed by atoms with van der Waals surface area (Å²) < 4.78 is 15.3. The maximum absolute atomic E-state index is 12.2. The number of aliphatic carboxylic acids is 1. The van der Waals surface area contributed by atoms with Gasteiger partial charge in [-0.05, 0) is 10.7 Å². The summed E-state index contributed by atoms with van der Waals surface area (Å²) in [7, 11) is 0. The Balaban J connectivity index is 1.39. The third kappa shape index (κ3) is 7.72. The van der Waals surface area contributed by atoms with Gasteiger partial charge in [0.1, 0.15) is 19.3 Å². The number of hydrogen-bond acceptors (Lipinski definition) is 10. The molecule has 176 valence electrons. The molecule has 0 saturated carbocycles. The van der Waals surface area contributed by atoms with E-state index in [9.17, 15) is 19.5 Å². The molecule has 0 saturated heterocycles. The summed E-state index contributed by atoms with van der Waals surface area (Å²) in [5.74, 6) is -1.44. The predicted molar refractivity (Wildman–Crippen MR) is 114 cm³/mol. The molecule has 1 atom stereocenters. The molecule has 2 heterocycles. The van der Waals surface area contributed by atoms with Gasteiger partial charge in [0.05, 0.1) is 19.2 Å². The second kappa shape index (κ2) is 11.9. The Morgan fingerprint density at radius 1 is 1.24 bits per heavy atom. The number of alkyl carbamates (subject to hydrolysis) is 1. The Hall–Kier alpha value is -4.29. The SMILES string of the molecule is O=C(N[C@@H](CNC(=O)c1cc(OCCNC2=NCCN2)no1)C(=O)O)OCc1ccccc1. The molecule has 1 aliphatic heterocycles. The van der Waals surface area contributed by atoms with Crippen LogP contribution in [0.2, 0.25) is 0 Å². The molecular formula is C20H24N6O7. The van der Waals surface area contributed by atoms with Crippen molar-refractivity contribution in [3.63, 3.8) is 0 Å². The molecule has 13 heteroatoms. The fourth-order valence-electron chi connectivity index (χ4n) is 2.66. The Bertz CT molecular complexity index is 978. The smallest absolute Gasteiger partial charge is 0.408 e. The molecule has 0 aliphatic carbocycles. The van der Waals surface area contributed by atoms with Crippen LogP contribution in [0.15, 0.2) is 45.9 Å². The fourth-order valence-corrected chi connectivity index (χ4v) is 2.66. The van der Waals surface area contributed by atoms with Crippen LogP contribution >= 0.6 is 0 Å². The minimum Gasteiger partial charge on any atom is -0.480 e. The molecule has 0 bridgehead atoms. The zero-order valence-electron chi connectivity index (χ0n) is 17.6. The fraction of sp³-hybridized carbons (Fsp3) is 0.350. The number of aromatic nitrogens is 1. The van der Waals surface area contributed by atoms with E-state index in [1.54, 1.807) is 24.3 Å². The van der Waals surface area contributed by atoms with Crippen LogP contribution in [0.5, 0.6) is 5.88 Å². The molecule has 0 fully saturated rings. The van der Waals surface area contributed by atoms with E-state index in [1.165, 1.54) is 6.07 Å². The number of hydrogen-bond donors (Lipinski definition) is 5. The van der Waals surface area contributed by atoms with E-state index in [2.05, 4.69) is 31.4 Å². The van der Waals surface area contributed by atoms with E-state index >= 15 is 0 Å². The van der Waals surface area contributed by atoms with Gasteiger partial charge in [0.15, 0.2) is 5.96 Å². The van der Waals surface area contributed by atoms with Crippen LogP contribution in [0.25, 0.3) is 0 Å². The number of aliphatic imine (C=N–C) groups is 1. The first-order valence-corrected chi connectivity index (χ1v) is 10.1. The number of ether oxygens (including phenoxy) is 2. The van der Waals surface area contributed by atoms with E-state index in [1.807, 2.05) is 6.07 Å². The Labute approximate surface area is 188 Å². The van der Waals surface area contributed by atoms with Gasteiger partial charge in [0.25, 0.3) is 11.8 Å². The normalized spacial score (nSPS) is 13.3. The first-order chi connectivity index (χ1) is 16.0. The van der Waals surface area contributed by atoms with Crippen molar-refractivity contribution in [1.29, 1.82) is 0 Å². The third-order valence-electron chi connectivity index (χ3n) is 4.30. The van der Waals surface area contributed by atoms with E-state index in [-0.39, 0.29) is 24.9 Å². The summed E-state index contributed by atoms with van der Waals surface area (Å²) in [6.07, 6.45) is -0.928. The van der Waals surface area contributed by atoms with Crippen LogP contribution in [0.4, 0.5) is 4.79 Å². The topological polar surface area (TPSA) is 176 Å². The molecule has 33 heavy (non-hydrogen) atoms. The highest BCUT2D eigenvalue weighted by Gasteiger charge is 2.23. The quantitative estimate of drug-likeness (QED) is 0.280. The molecule has 5 N–H and O–H groups in total. The summed E-state index contributed by atoms with van der Waals surface area (Å²) >= 11 is 0. The van der Waals surface area contributed by atoms with Crippen molar-refractivity contribution in [1.82, 2.24) is 26.4 Å². The zero-order chi connectivity index (χ0) is 23.5. The van der Waals surface area contributed by atoms with E-state index in [0.717, 1.165) is 18.7 Å². The second-order valence-electron chi connectivity index (χ2n) is 6.77. The Kier molecular flexibility index (Phi) is 8.45. The number of rotatable bonds is 11. The molecule has 1 aromatic carbocycles. The first kappa shape index (κ1) is 23.4. The number of amides is 2. The van der Waals surface area contributed by atoms with Gasteiger partial charge in [-0.3, -0.25) is 9.79 Å². The molecular weight excluding hydrogens is 436 g/mol. The molecule has 1 aromatic heterocycles. The van der Waals surface area contributed by atoms with Crippen LogP contribution in [0, 0.1) is 0 Å². The highest BCUT2D eigenvalue weighted by molar-refractivity contribution is 5.92. The zero-order valence-corrected chi connectivity index (χ0v) is 17.6. The van der Waals surface area contributed by atoms with Gasteiger partial charge in [0.2, 0.25) is 5.76 Å². The monoisotopic (exact) mass is 460 g/mol. The molecule has 2 amide bonds. The van der Waals surface area contributed by atoms with Crippen LogP contribution < -0.4 is 26.0 Å². The minimum atomic E-state index is -1.41. The summed E-state index contributed by atoms with van der Waals surface area (Å²) in [4.78, 5) is 39.7. The number of nitrogens with one attached hydrogen (secondary N) is 4. The predicted octanol–water partition coefficient (Wildman–Crippen LogP) is -0.288. The van der Waals surface area contributed by atoms with E-state index < -0.39 is 30.6 Å². The molecule has 13 nitrogen and oxygen atoms in total. The third-order valence-corrected chi connectivity index (χ3v) is 4.30. The highest BCUT2D eigenvalue weighted by atomic mass is 16.5. The number of benzene rings is 1. The van der Waals surface area contributed by atoms with Gasteiger partial charge < -0.3 is 40.4 Å². The van der Waals surface area contributed by atoms with Crippen molar-refractivity contribution in [3.05, 3.63) is 47.7 Å². The van der Waals surface area contributed by atoms with Crippen LogP contribution in [0.3, 0.4) is 0 Å². The van der Waals surface area contributed by atoms with Gasteiger partial charge in [0, 0.05) is 13.1 Å². The molecule has 0 radical (unpaired) electrons. The minimum absolute atomic E-state index is 0.0215. The molecule has 1 aliphatic rings. The van der Waals surface area contributed by atoms with Crippen molar-refractivity contribution in [2.24, 2.45) is 4.99 Å². The second-order valence-corrected chi connectivity index (χ2v) is 6.77. The number of carboxylic acid groups (broad SMARTS) is 1. The lowest BCUT2D eigenvalue weighted by Crippen LogP contribution is -2.48. The van der Waals surface area contributed by atoms with Crippen molar-refractivity contribution in [2.45, 2.75) is 12.6 Å².